The van der Waals surface area contributed by atoms with Crippen LogP contribution in [0.3, 0.4) is 0 Å². The number of aromatic nitrogens is 4. The second-order valence-corrected chi connectivity index (χ2v) is 6.46. The van der Waals surface area contributed by atoms with Gasteiger partial charge in [0, 0.05) is 5.02 Å². The zero-order chi connectivity index (χ0) is 19.7. The number of nitrogens with zero attached hydrogens (tertiary/aromatic N) is 4. The molecule has 7 nitrogen and oxygen atoms in total. The summed E-state index contributed by atoms with van der Waals surface area (Å²) in [5.41, 5.74) is 2.87. The fraction of sp³-hybridized carbons (Fsp3) is 0.100. The minimum Gasteiger partial charge on any atom is -0.465 e. The molecule has 0 aliphatic carbocycles. The summed E-state index contributed by atoms with van der Waals surface area (Å²) in [5, 5.41) is 5.70. The lowest BCUT2D eigenvalue weighted by Crippen LogP contribution is -2.01. The van der Waals surface area contributed by atoms with Crippen LogP contribution in [0.5, 0.6) is 11.6 Å². The summed E-state index contributed by atoms with van der Waals surface area (Å²) in [5.74, 6) is 0.482. The first-order valence-electron chi connectivity index (χ1n) is 8.38. The fourth-order valence-corrected chi connectivity index (χ4v) is 2.95. The topological polar surface area (TPSA) is 79.1 Å². The van der Waals surface area contributed by atoms with Crippen LogP contribution in [0, 0.1) is 6.92 Å². The Bertz CT molecular complexity index is 1170. The van der Waals surface area contributed by atoms with E-state index in [2.05, 4.69) is 15.1 Å². The second-order valence-electron chi connectivity index (χ2n) is 6.02. The summed E-state index contributed by atoms with van der Waals surface area (Å²) in [6, 6.07) is 12.2. The maximum Gasteiger partial charge on any atom is 0.337 e. The first kappa shape index (κ1) is 17.9. The Morgan fingerprint density at radius 2 is 1.89 bits per heavy atom. The van der Waals surface area contributed by atoms with Crippen molar-refractivity contribution in [1.29, 1.82) is 0 Å². The number of rotatable bonds is 4. The molecule has 2 heterocycles. The van der Waals surface area contributed by atoms with Gasteiger partial charge in [-0.1, -0.05) is 17.7 Å². The van der Waals surface area contributed by atoms with Crippen molar-refractivity contribution in [1.82, 2.24) is 19.7 Å². The number of carbonyl (C=O) groups excluding carboxylic acids is 1. The van der Waals surface area contributed by atoms with Gasteiger partial charge in [0.2, 0.25) is 5.88 Å². The van der Waals surface area contributed by atoms with Gasteiger partial charge in [-0.15, -0.1) is 0 Å². The lowest BCUT2D eigenvalue weighted by atomic mass is 10.2. The van der Waals surface area contributed by atoms with Crippen LogP contribution in [0.15, 0.2) is 55.0 Å². The van der Waals surface area contributed by atoms with Gasteiger partial charge in [-0.05, 0) is 48.9 Å². The van der Waals surface area contributed by atoms with E-state index in [4.69, 9.17) is 21.1 Å². The average Bonchev–Trinajstić information content (AvgIpc) is 3.15. The number of aryl methyl sites for hydroxylation is 1. The van der Waals surface area contributed by atoms with E-state index in [0.717, 1.165) is 11.3 Å². The largest absolute Gasteiger partial charge is 0.465 e. The van der Waals surface area contributed by atoms with Gasteiger partial charge in [0.1, 0.15) is 17.5 Å². The third-order valence-electron chi connectivity index (χ3n) is 4.22. The van der Waals surface area contributed by atoms with E-state index >= 15 is 0 Å². The minimum atomic E-state index is -0.408. The van der Waals surface area contributed by atoms with Crippen molar-refractivity contribution >= 4 is 28.6 Å². The van der Waals surface area contributed by atoms with Crippen molar-refractivity contribution in [3.05, 3.63) is 71.1 Å². The lowest BCUT2D eigenvalue weighted by molar-refractivity contribution is 0.0600. The van der Waals surface area contributed by atoms with Crippen LogP contribution in [-0.2, 0) is 4.74 Å². The number of halogens is 1. The average molecular weight is 395 g/mol. The van der Waals surface area contributed by atoms with Crippen molar-refractivity contribution < 1.29 is 14.3 Å². The maximum absolute atomic E-state index is 11.5. The highest BCUT2D eigenvalue weighted by atomic mass is 35.5. The quantitative estimate of drug-likeness (QED) is 0.478. The summed E-state index contributed by atoms with van der Waals surface area (Å²) in [7, 11) is 1.34. The summed E-state index contributed by atoms with van der Waals surface area (Å²) < 4.78 is 12.3. The molecule has 0 unspecified atom stereocenters. The van der Waals surface area contributed by atoms with Crippen LogP contribution in [0.1, 0.15) is 15.9 Å². The van der Waals surface area contributed by atoms with Crippen LogP contribution in [0.4, 0.5) is 0 Å². The van der Waals surface area contributed by atoms with Crippen LogP contribution >= 0.6 is 11.6 Å². The summed E-state index contributed by atoms with van der Waals surface area (Å²) in [6.07, 6.45) is 3.06. The minimum absolute atomic E-state index is 0.363. The molecule has 0 saturated carbocycles. The lowest BCUT2D eigenvalue weighted by Gasteiger charge is -2.08. The molecule has 4 rings (SSSR count). The molecule has 0 amide bonds. The summed E-state index contributed by atoms with van der Waals surface area (Å²) in [4.78, 5) is 20.1. The zero-order valence-corrected chi connectivity index (χ0v) is 15.8. The Morgan fingerprint density at radius 1 is 1.11 bits per heavy atom. The second kappa shape index (κ2) is 7.28. The first-order chi connectivity index (χ1) is 13.6. The highest BCUT2D eigenvalue weighted by Gasteiger charge is 2.15. The predicted octanol–water partition coefficient (Wildman–Crippen LogP) is 4.36. The Hall–Kier alpha value is -3.45. The molecule has 140 valence electrons. The van der Waals surface area contributed by atoms with Crippen LogP contribution < -0.4 is 4.74 Å². The Kier molecular flexibility index (Phi) is 4.67. The van der Waals surface area contributed by atoms with E-state index in [9.17, 15) is 4.79 Å². The zero-order valence-electron chi connectivity index (χ0n) is 15.1. The number of carbonyl (C=O) groups is 1. The number of hydrogen-bond donors (Lipinski definition) is 0. The highest BCUT2D eigenvalue weighted by molar-refractivity contribution is 6.30. The van der Waals surface area contributed by atoms with Gasteiger partial charge >= 0.3 is 5.97 Å². The molecule has 0 aliphatic rings. The van der Waals surface area contributed by atoms with E-state index in [1.165, 1.54) is 13.4 Å². The molecule has 0 bridgehead atoms. The number of fused-ring (bicyclic) bond motifs is 1. The number of methoxy groups -OCH3 is 1. The van der Waals surface area contributed by atoms with Crippen LogP contribution in [0.2, 0.25) is 5.02 Å². The Balaban J connectivity index is 1.71. The normalized spacial score (nSPS) is 10.8. The van der Waals surface area contributed by atoms with Crippen molar-refractivity contribution in [2.24, 2.45) is 0 Å². The molecule has 0 spiro atoms. The van der Waals surface area contributed by atoms with Gasteiger partial charge in [-0.3, -0.25) is 0 Å². The van der Waals surface area contributed by atoms with Crippen molar-refractivity contribution in [3.8, 4) is 17.3 Å². The van der Waals surface area contributed by atoms with Gasteiger partial charge in [0.25, 0.3) is 0 Å². The number of ether oxygens (including phenoxy) is 2. The molecule has 4 aromatic rings. The molecule has 0 aliphatic heterocycles. The highest BCUT2D eigenvalue weighted by Crippen LogP contribution is 2.29. The van der Waals surface area contributed by atoms with Crippen molar-refractivity contribution in [3.63, 3.8) is 0 Å². The van der Waals surface area contributed by atoms with Crippen molar-refractivity contribution in [2.75, 3.05) is 7.11 Å². The molecule has 0 N–H and O–H groups in total. The van der Waals surface area contributed by atoms with E-state index in [1.807, 2.05) is 25.1 Å². The number of hydrogen-bond acceptors (Lipinski definition) is 6. The smallest absolute Gasteiger partial charge is 0.337 e. The van der Waals surface area contributed by atoms with Crippen molar-refractivity contribution in [2.45, 2.75) is 6.92 Å². The molecule has 28 heavy (non-hydrogen) atoms. The molecule has 2 aromatic carbocycles. The van der Waals surface area contributed by atoms with Gasteiger partial charge in [-0.2, -0.15) is 5.10 Å². The fourth-order valence-electron chi connectivity index (χ4n) is 2.78. The van der Waals surface area contributed by atoms with E-state index in [0.29, 0.717) is 33.2 Å². The summed E-state index contributed by atoms with van der Waals surface area (Å²) in [6.45, 7) is 1.97. The molecule has 0 radical (unpaired) electrons. The van der Waals surface area contributed by atoms with Gasteiger partial charge < -0.3 is 9.47 Å². The summed E-state index contributed by atoms with van der Waals surface area (Å²) >= 11 is 6.14. The van der Waals surface area contributed by atoms with Crippen LogP contribution in [-0.4, -0.2) is 32.8 Å². The first-order valence-corrected chi connectivity index (χ1v) is 8.76. The third kappa shape index (κ3) is 3.27. The van der Waals surface area contributed by atoms with Gasteiger partial charge in [-0.25, -0.2) is 19.4 Å². The number of benzene rings is 2. The van der Waals surface area contributed by atoms with Gasteiger partial charge in [0.15, 0.2) is 5.65 Å². The molecule has 2 aromatic heterocycles. The SMILES string of the molecule is COC(=O)c1ccc(Oc2ncnc3c2cnn3-c2cc(Cl)ccc2C)cc1. The predicted molar refractivity (Wildman–Crippen MR) is 104 cm³/mol. The number of esters is 1. The van der Waals surface area contributed by atoms with Gasteiger partial charge in [0.05, 0.1) is 24.6 Å². The molecule has 0 saturated heterocycles. The molecular formula is C20H15ClN4O3. The Labute approximate surface area is 165 Å². The van der Waals surface area contributed by atoms with E-state index < -0.39 is 5.97 Å². The Morgan fingerprint density at radius 3 is 2.64 bits per heavy atom. The molecule has 8 heteroatoms. The third-order valence-corrected chi connectivity index (χ3v) is 4.45. The molecule has 0 fully saturated rings. The standard InChI is InChI=1S/C20H15ClN4O3/c1-12-3-6-14(21)9-17(12)25-18-16(10-24-25)19(23-11-22-18)28-15-7-4-13(5-8-15)20(26)27-2/h3-11H,1-2H3. The monoisotopic (exact) mass is 394 g/mol. The molecular weight excluding hydrogens is 380 g/mol. The molecule has 0 atom stereocenters. The van der Waals surface area contributed by atoms with E-state index in [1.54, 1.807) is 35.1 Å². The maximum atomic E-state index is 11.5. The van der Waals surface area contributed by atoms with Crippen LogP contribution in [0.25, 0.3) is 16.7 Å². The van der Waals surface area contributed by atoms with E-state index in [-0.39, 0.29) is 0 Å².